The van der Waals surface area contributed by atoms with Crippen LogP contribution in [-0.2, 0) is 4.79 Å². The molecule has 1 amide bonds. The molecule has 2 aromatic rings. The Morgan fingerprint density at radius 1 is 1.21 bits per heavy atom. The van der Waals surface area contributed by atoms with Gasteiger partial charge >= 0.3 is 0 Å². The molecule has 1 N–H and O–H groups in total. The molecule has 4 rings (SSSR count). The lowest BCUT2D eigenvalue weighted by Crippen LogP contribution is -2.50. The Balaban J connectivity index is 1.40. The molecule has 7 heteroatoms. The van der Waals surface area contributed by atoms with Gasteiger partial charge in [0.25, 0.3) is 0 Å². The van der Waals surface area contributed by atoms with Crippen molar-refractivity contribution in [3.8, 4) is 0 Å². The zero-order chi connectivity index (χ0) is 16.6. The zero-order valence-electron chi connectivity index (χ0n) is 13.6. The second kappa shape index (κ2) is 6.29. The van der Waals surface area contributed by atoms with Crippen LogP contribution in [0.3, 0.4) is 0 Å². The summed E-state index contributed by atoms with van der Waals surface area (Å²) in [7, 11) is 0. The van der Waals surface area contributed by atoms with Crippen molar-refractivity contribution in [2.24, 2.45) is 0 Å². The molecule has 0 unspecified atom stereocenters. The smallest absolute Gasteiger partial charge is 0.225 e. The number of nitrogens with zero attached hydrogens (tertiary/aromatic N) is 4. The number of hydrogen-bond acceptors (Lipinski definition) is 6. The highest BCUT2D eigenvalue weighted by Gasteiger charge is 2.35. The number of carbonyl (C=O) groups is 1. The van der Waals surface area contributed by atoms with E-state index in [1.807, 2.05) is 16.3 Å². The van der Waals surface area contributed by atoms with Crippen LogP contribution in [0.25, 0.3) is 10.2 Å². The van der Waals surface area contributed by atoms with Crippen LogP contribution in [0.4, 0.5) is 5.82 Å². The Morgan fingerprint density at radius 2 is 1.96 bits per heavy atom. The van der Waals surface area contributed by atoms with E-state index in [1.54, 1.807) is 17.7 Å². The van der Waals surface area contributed by atoms with Crippen molar-refractivity contribution in [2.45, 2.75) is 37.7 Å². The Kier molecular flexibility index (Phi) is 4.14. The summed E-state index contributed by atoms with van der Waals surface area (Å²) in [5.41, 5.74) is 0.219. The number of thiophene rings is 1. The molecule has 0 bridgehead atoms. The molecular weight excluding hydrogens is 324 g/mol. The van der Waals surface area contributed by atoms with E-state index in [2.05, 4.69) is 14.9 Å². The van der Waals surface area contributed by atoms with Gasteiger partial charge in [-0.05, 0) is 24.3 Å². The molecule has 0 aromatic carbocycles. The van der Waals surface area contributed by atoms with Crippen molar-refractivity contribution in [1.29, 1.82) is 0 Å². The Labute approximate surface area is 145 Å². The molecular formula is C17H22N4O2S. The predicted octanol–water partition coefficient (Wildman–Crippen LogP) is 2.04. The van der Waals surface area contributed by atoms with Gasteiger partial charge in [-0.3, -0.25) is 4.79 Å². The Bertz CT molecular complexity index is 733. The lowest BCUT2D eigenvalue weighted by molar-refractivity contribution is -0.136. The first-order valence-corrected chi connectivity index (χ1v) is 9.46. The van der Waals surface area contributed by atoms with Gasteiger partial charge in [-0.25, -0.2) is 9.97 Å². The minimum absolute atomic E-state index is 0.0861. The van der Waals surface area contributed by atoms with Crippen molar-refractivity contribution in [1.82, 2.24) is 14.9 Å². The average molecular weight is 346 g/mol. The molecule has 1 aliphatic carbocycles. The first kappa shape index (κ1) is 15.8. The lowest BCUT2D eigenvalue weighted by atomic mass is 9.97. The van der Waals surface area contributed by atoms with Crippen LogP contribution < -0.4 is 4.90 Å². The minimum atomic E-state index is -0.760. The Morgan fingerprint density at radius 3 is 2.71 bits per heavy atom. The van der Waals surface area contributed by atoms with Crippen molar-refractivity contribution < 1.29 is 9.90 Å². The average Bonchev–Trinajstić information content (AvgIpc) is 3.23. The molecule has 3 heterocycles. The molecule has 2 aliphatic rings. The lowest BCUT2D eigenvalue weighted by Gasteiger charge is -2.36. The standard InChI is InChI=1S/C17H22N4O2S/c22-14(11-17(23)4-1-2-5-17)20-6-8-21(9-7-20)16-15-13(3-10-24-15)18-12-19-16/h3,10,12,23H,1-2,4-9,11H2. The number of aliphatic hydroxyl groups is 1. The number of aromatic nitrogens is 2. The molecule has 0 atom stereocenters. The number of amides is 1. The van der Waals surface area contributed by atoms with Crippen LogP contribution in [0.1, 0.15) is 32.1 Å². The van der Waals surface area contributed by atoms with E-state index in [1.165, 1.54) is 0 Å². The van der Waals surface area contributed by atoms with Crippen LogP contribution in [0.5, 0.6) is 0 Å². The van der Waals surface area contributed by atoms with Gasteiger partial charge in [0.05, 0.1) is 22.2 Å². The summed E-state index contributed by atoms with van der Waals surface area (Å²) in [6.45, 7) is 2.92. The molecule has 1 saturated carbocycles. The van der Waals surface area contributed by atoms with Gasteiger partial charge in [0.2, 0.25) is 5.91 Å². The third kappa shape index (κ3) is 2.98. The highest BCUT2D eigenvalue weighted by atomic mass is 32.1. The molecule has 2 aromatic heterocycles. The summed E-state index contributed by atoms with van der Waals surface area (Å²) in [4.78, 5) is 25.4. The molecule has 0 spiro atoms. The van der Waals surface area contributed by atoms with Crippen LogP contribution >= 0.6 is 11.3 Å². The van der Waals surface area contributed by atoms with E-state index in [0.29, 0.717) is 13.1 Å². The van der Waals surface area contributed by atoms with Crippen LogP contribution in [0.15, 0.2) is 17.8 Å². The topological polar surface area (TPSA) is 69.6 Å². The highest BCUT2D eigenvalue weighted by Crippen LogP contribution is 2.33. The quantitative estimate of drug-likeness (QED) is 0.921. The van der Waals surface area contributed by atoms with Crippen LogP contribution in [0, 0.1) is 0 Å². The number of rotatable bonds is 3. The third-order valence-electron chi connectivity index (χ3n) is 5.17. The summed E-state index contributed by atoms with van der Waals surface area (Å²) in [5.74, 6) is 1.06. The fourth-order valence-corrected chi connectivity index (χ4v) is 4.63. The fraction of sp³-hybridized carbons (Fsp3) is 0.588. The van der Waals surface area contributed by atoms with Gasteiger partial charge in [-0.2, -0.15) is 0 Å². The second-order valence-electron chi connectivity index (χ2n) is 6.81. The number of hydrogen-bond donors (Lipinski definition) is 1. The molecule has 1 saturated heterocycles. The summed E-state index contributed by atoms with van der Waals surface area (Å²) in [5, 5.41) is 12.5. The van der Waals surface area contributed by atoms with E-state index >= 15 is 0 Å². The number of fused-ring (bicyclic) bond motifs is 1. The van der Waals surface area contributed by atoms with E-state index in [9.17, 15) is 9.90 Å². The second-order valence-corrected chi connectivity index (χ2v) is 7.72. The maximum Gasteiger partial charge on any atom is 0.225 e. The summed E-state index contributed by atoms with van der Waals surface area (Å²) in [6.07, 6.45) is 5.46. The summed E-state index contributed by atoms with van der Waals surface area (Å²) >= 11 is 1.66. The SMILES string of the molecule is O=C(CC1(O)CCCC1)N1CCN(c2ncnc3ccsc23)CC1. The molecule has 2 fully saturated rings. The zero-order valence-corrected chi connectivity index (χ0v) is 14.5. The molecule has 6 nitrogen and oxygen atoms in total. The van der Waals surface area contributed by atoms with Gasteiger partial charge in [0, 0.05) is 26.2 Å². The largest absolute Gasteiger partial charge is 0.389 e. The fourth-order valence-electron chi connectivity index (χ4n) is 3.77. The Hall–Kier alpha value is -1.73. The number of piperazine rings is 1. The first-order valence-electron chi connectivity index (χ1n) is 8.58. The van der Waals surface area contributed by atoms with Gasteiger partial charge in [-0.1, -0.05) is 12.8 Å². The maximum absolute atomic E-state index is 12.5. The van der Waals surface area contributed by atoms with E-state index in [0.717, 1.165) is 54.8 Å². The van der Waals surface area contributed by atoms with Gasteiger partial charge < -0.3 is 14.9 Å². The van der Waals surface area contributed by atoms with Crippen molar-refractivity contribution >= 4 is 33.3 Å². The maximum atomic E-state index is 12.5. The van der Waals surface area contributed by atoms with Crippen LogP contribution in [-0.4, -0.2) is 57.7 Å². The summed E-state index contributed by atoms with van der Waals surface area (Å²) < 4.78 is 1.11. The van der Waals surface area contributed by atoms with E-state index in [-0.39, 0.29) is 12.3 Å². The van der Waals surface area contributed by atoms with Crippen molar-refractivity contribution in [2.75, 3.05) is 31.1 Å². The predicted molar refractivity (Wildman–Crippen MR) is 94.2 cm³/mol. The van der Waals surface area contributed by atoms with Crippen molar-refractivity contribution in [3.05, 3.63) is 17.8 Å². The summed E-state index contributed by atoms with van der Waals surface area (Å²) in [6, 6.07) is 2.01. The first-order chi connectivity index (χ1) is 11.6. The number of anilines is 1. The number of carbonyl (C=O) groups excluding carboxylic acids is 1. The molecule has 128 valence electrons. The van der Waals surface area contributed by atoms with Gasteiger partial charge in [0.1, 0.15) is 12.1 Å². The molecule has 1 aliphatic heterocycles. The van der Waals surface area contributed by atoms with Crippen molar-refractivity contribution in [3.63, 3.8) is 0 Å². The third-order valence-corrected chi connectivity index (χ3v) is 6.07. The van der Waals surface area contributed by atoms with E-state index in [4.69, 9.17) is 0 Å². The highest BCUT2D eigenvalue weighted by molar-refractivity contribution is 7.17. The van der Waals surface area contributed by atoms with Crippen LogP contribution in [0.2, 0.25) is 0 Å². The normalized spacial score (nSPS) is 20.7. The van der Waals surface area contributed by atoms with Gasteiger partial charge in [-0.15, -0.1) is 11.3 Å². The molecule has 0 radical (unpaired) electrons. The van der Waals surface area contributed by atoms with E-state index < -0.39 is 5.60 Å². The minimum Gasteiger partial charge on any atom is -0.389 e. The molecule has 24 heavy (non-hydrogen) atoms. The van der Waals surface area contributed by atoms with Gasteiger partial charge in [0.15, 0.2) is 0 Å². The monoisotopic (exact) mass is 346 g/mol.